The van der Waals surface area contributed by atoms with Crippen molar-refractivity contribution in [3.63, 3.8) is 0 Å². The Hall–Kier alpha value is -1.12. The largest absolute Gasteiger partial charge is 0.465 e. The molecule has 0 amide bonds. The molecule has 0 aromatic carbocycles. The van der Waals surface area contributed by atoms with Crippen LogP contribution in [0, 0.1) is 17.3 Å². The van der Waals surface area contributed by atoms with E-state index in [9.17, 15) is 9.59 Å². The molecule has 3 heteroatoms. The van der Waals surface area contributed by atoms with E-state index in [2.05, 4.69) is 19.9 Å². The van der Waals surface area contributed by atoms with Gasteiger partial charge in [0.1, 0.15) is 5.78 Å². The molecule has 0 bridgehead atoms. The fourth-order valence-electron chi connectivity index (χ4n) is 3.41. The Morgan fingerprint density at radius 1 is 1.17 bits per heavy atom. The molecule has 2 unspecified atom stereocenters. The van der Waals surface area contributed by atoms with Gasteiger partial charge in [-0.25, -0.2) is 0 Å². The Kier molecular flexibility index (Phi) is 8.01. The number of esters is 1. The van der Waals surface area contributed by atoms with Gasteiger partial charge in [-0.05, 0) is 44.9 Å². The Bertz CT molecular complexity index is 434. The molecule has 23 heavy (non-hydrogen) atoms. The number of cyclic esters (lactones) is 1. The third-order valence-corrected chi connectivity index (χ3v) is 4.97. The third kappa shape index (κ3) is 7.32. The number of carbonyl (C=O) groups is 2. The summed E-state index contributed by atoms with van der Waals surface area (Å²) in [4.78, 5) is 24.5. The van der Waals surface area contributed by atoms with Crippen molar-refractivity contribution in [2.75, 3.05) is 6.61 Å². The van der Waals surface area contributed by atoms with Gasteiger partial charge in [0.05, 0.1) is 6.61 Å². The monoisotopic (exact) mass is 322 g/mol. The number of ether oxygens (including phenoxy) is 1. The van der Waals surface area contributed by atoms with Crippen molar-refractivity contribution in [2.24, 2.45) is 17.3 Å². The average Bonchev–Trinajstić information content (AvgIpc) is 2.48. The molecule has 0 radical (unpaired) electrons. The summed E-state index contributed by atoms with van der Waals surface area (Å²) in [6, 6.07) is 0. The first kappa shape index (κ1) is 19.9. The standard InChI is InChI=1S/C20H34O3/c1-15-8-6-9-16(2)14-17(3)19(22)20(4,5)12-11-18(21)23-13-7-10-15/h10,16-17H,6-9,11-14H2,1-5H3/b15-10+. The number of hydrogen-bond acceptors (Lipinski definition) is 3. The van der Waals surface area contributed by atoms with Gasteiger partial charge >= 0.3 is 5.97 Å². The van der Waals surface area contributed by atoms with E-state index in [1.165, 1.54) is 5.57 Å². The van der Waals surface area contributed by atoms with E-state index in [-0.39, 0.29) is 17.7 Å². The Morgan fingerprint density at radius 3 is 2.57 bits per heavy atom. The highest BCUT2D eigenvalue weighted by Gasteiger charge is 2.32. The summed E-state index contributed by atoms with van der Waals surface area (Å²) in [6.07, 6.45) is 8.21. The minimum absolute atomic E-state index is 0.0561. The van der Waals surface area contributed by atoms with Gasteiger partial charge in [-0.1, -0.05) is 45.8 Å². The molecule has 0 saturated heterocycles. The Labute approximate surface area is 141 Å². The summed E-state index contributed by atoms with van der Waals surface area (Å²) in [7, 11) is 0. The maximum atomic E-state index is 12.7. The van der Waals surface area contributed by atoms with E-state index in [1.54, 1.807) is 0 Å². The number of hydrogen-bond donors (Lipinski definition) is 0. The second kappa shape index (κ2) is 9.24. The molecule has 0 fully saturated rings. The SMILES string of the molecule is C/C1=C\CCOC(=O)CCC(C)(C)C(=O)C(C)CC(C)CCC1. The van der Waals surface area contributed by atoms with Crippen molar-refractivity contribution < 1.29 is 14.3 Å². The van der Waals surface area contributed by atoms with Gasteiger partial charge in [0, 0.05) is 17.8 Å². The predicted molar refractivity (Wildman–Crippen MR) is 94.2 cm³/mol. The average molecular weight is 322 g/mol. The molecule has 0 aromatic heterocycles. The van der Waals surface area contributed by atoms with E-state index in [4.69, 9.17) is 4.74 Å². The predicted octanol–water partition coefficient (Wildman–Crippen LogP) is 5.09. The second-order valence-electron chi connectivity index (χ2n) is 7.94. The number of rotatable bonds is 0. The lowest BCUT2D eigenvalue weighted by molar-refractivity contribution is -0.144. The smallest absolute Gasteiger partial charge is 0.305 e. The lowest BCUT2D eigenvalue weighted by Crippen LogP contribution is -2.31. The summed E-state index contributed by atoms with van der Waals surface area (Å²) in [5.41, 5.74) is 0.914. The molecule has 0 aromatic rings. The number of carbonyl (C=O) groups excluding carboxylic acids is 2. The van der Waals surface area contributed by atoms with Crippen molar-refractivity contribution in [1.82, 2.24) is 0 Å². The molecule has 3 nitrogen and oxygen atoms in total. The first-order valence-corrected chi connectivity index (χ1v) is 9.08. The molecule has 0 aliphatic carbocycles. The van der Waals surface area contributed by atoms with Gasteiger partial charge in [-0.15, -0.1) is 0 Å². The second-order valence-corrected chi connectivity index (χ2v) is 7.94. The van der Waals surface area contributed by atoms with Crippen molar-refractivity contribution >= 4 is 11.8 Å². The van der Waals surface area contributed by atoms with Crippen molar-refractivity contribution in [3.8, 4) is 0 Å². The van der Waals surface area contributed by atoms with E-state index in [0.29, 0.717) is 25.4 Å². The zero-order valence-electron chi connectivity index (χ0n) is 15.6. The lowest BCUT2D eigenvalue weighted by atomic mass is 9.75. The molecular weight excluding hydrogens is 288 g/mol. The third-order valence-electron chi connectivity index (χ3n) is 4.97. The summed E-state index contributed by atoms with van der Waals surface area (Å²) < 4.78 is 5.27. The van der Waals surface area contributed by atoms with Crippen LogP contribution in [0.15, 0.2) is 11.6 Å². The molecule has 0 saturated carbocycles. The topological polar surface area (TPSA) is 43.4 Å². The highest BCUT2D eigenvalue weighted by Crippen LogP contribution is 2.31. The maximum Gasteiger partial charge on any atom is 0.305 e. The minimum atomic E-state index is -0.453. The van der Waals surface area contributed by atoms with Crippen LogP contribution < -0.4 is 0 Å². The molecule has 1 rings (SSSR count). The summed E-state index contributed by atoms with van der Waals surface area (Å²) >= 11 is 0. The minimum Gasteiger partial charge on any atom is -0.465 e. The van der Waals surface area contributed by atoms with Gasteiger partial charge in [-0.3, -0.25) is 9.59 Å². The molecular formula is C20H34O3. The van der Waals surface area contributed by atoms with Gasteiger partial charge in [0.15, 0.2) is 0 Å². The van der Waals surface area contributed by atoms with E-state index in [1.807, 2.05) is 20.8 Å². The van der Waals surface area contributed by atoms with Gasteiger partial charge in [-0.2, -0.15) is 0 Å². The zero-order chi connectivity index (χ0) is 17.5. The molecule has 1 aliphatic rings. The van der Waals surface area contributed by atoms with Gasteiger partial charge < -0.3 is 4.74 Å². The van der Waals surface area contributed by atoms with Crippen LogP contribution in [0.5, 0.6) is 0 Å². The summed E-state index contributed by atoms with van der Waals surface area (Å²) in [5.74, 6) is 0.710. The number of allylic oxidation sites excluding steroid dienone is 1. The fraction of sp³-hybridized carbons (Fsp3) is 0.800. The lowest BCUT2D eigenvalue weighted by Gasteiger charge is -2.27. The van der Waals surface area contributed by atoms with Crippen LogP contribution in [0.3, 0.4) is 0 Å². The van der Waals surface area contributed by atoms with Crippen molar-refractivity contribution in [3.05, 3.63) is 11.6 Å². The highest BCUT2D eigenvalue weighted by atomic mass is 16.5. The first-order chi connectivity index (χ1) is 10.7. The normalized spacial score (nSPS) is 31.1. The Balaban J connectivity index is 2.75. The first-order valence-electron chi connectivity index (χ1n) is 9.08. The van der Waals surface area contributed by atoms with Crippen LogP contribution in [0.4, 0.5) is 0 Å². The van der Waals surface area contributed by atoms with Crippen LogP contribution >= 0.6 is 0 Å². The van der Waals surface area contributed by atoms with Crippen molar-refractivity contribution in [1.29, 1.82) is 0 Å². The van der Waals surface area contributed by atoms with Crippen molar-refractivity contribution in [2.45, 2.75) is 79.6 Å². The summed E-state index contributed by atoms with van der Waals surface area (Å²) in [6.45, 7) is 10.8. The van der Waals surface area contributed by atoms with Gasteiger partial charge in [0.25, 0.3) is 0 Å². The molecule has 0 N–H and O–H groups in total. The van der Waals surface area contributed by atoms with E-state index < -0.39 is 5.41 Å². The van der Waals surface area contributed by atoms with Crippen LogP contribution in [0.25, 0.3) is 0 Å². The van der Waals surface area contributed by atoms with E-state index >= 15 is 0 Å². The highest BCUT2D eigenvalue weighted by molar-refractivity contribution is 5.86. The molecule has 132 valence electrons. The quantitative estimate of drug-likeness (QED) is 0.461. The summed E-state index contributed by atoms with van der Waals surface area (Å²) in [5, 5.41) is 0. The Morgan fingerprint density at radius 2 is 1.87 bits per heavy atom. The molecule has 0 spiro atoms. The van der Waals surface area contributed by atoms with E-state index in [0.717, 1.165) is 32.1 Å². The molecule has 1 heterocycles. The van der Waals surface area contributed by atoms with Gasteiger partial charge in [0.2, 0.25) is 0 Å². The maximum absolute atomic E-state index is 12.7. The van der Waals surface area contributed by atoms with Crippen LogP contribution in [0.2, 0.25) is 0 Å². The zero-order valence-corrected chi connectivity index (χ0v) is 15.6. The number of Topliss-reactive ketones (excluding diaryl/α,β-unsaturated/α-hetero) is 1. The molecule has 1 aliphatic heterocycles. The van der Waals surface area contributed by atoms with Crippen LogP contribution in [-0.4, -0.2) is 18.4 Å². The number of ketones is 1. The fourth-order valence-corrected chi connectivity index (χ4v) is 3.41. The van der Waals surface area contributed by atoms with Crippen LogP contribution in [-0.2, 0) is 14.3 Å². The molecule has 2 atom stereocenters. The van der Waals surface area contributed by atoms with Crippen LogP contribution in [0.1, 0.15) is 79.6 Å².